The van der Waals surface area contributed by atoms with Crippen LogP contribution >= 0.6 is 0 Å². The molecule has 0 spiro atoms. The normalized spacial score (nSPS) is 15.8. The predicted molar refractivity (Wildman–Crippen MR) is 80.6 cm³/mol. The van der Waals surface area contributed by atoms with Gasteiger partial charge in [-0.1, -0.05) is 19.9 Å². The Bertz CT molecular complexity index is 555. The van der Waals surface area contributed by atoms with Crippen molar-refractivity contribution in [3.63, 3.8) is 0 Å². The van der Waals surface area contributed by atoms with Gasteiger partial charge in [-0.15, -0.1) is 0 Å². The first-order chi connectivity index (χ1) is 10.0. The van der Waals surface area contributed by atoms with Crippen LogP contribution < -0.4 is 10.5 Å². The maximum absolute atomic E-state index is 11.9. The maximum Gasteiger partial charge on any atom is 0.225 e. The summed E-state index contributed by atoms with van der Waals surface area (Å²) in [6.45, 7) is 5.23. The van der Waals surface area contributed by atoms with E-state index in [1.165, 1.54) is 0 Å². The number of hydrogen-bond acceptors (Lipinski definition) is 4. The van der Waals surface area contributed by atoms with Gasteiger partial charge in [0.25, 0.3) is 0 Å². The molecular formula is C16H21N3O2. The molecule has 0 bridgehead atoms. The lowest BCUT2D eigenvalue weighted by atomic mass is 10.1. The molecule has 0 saturated carbocycles. The smallest absolute Gasteiger partial charge is 0.225 e. The number of amides is 1. The third-order valence-electron chi connectivity index (χ3n) is 3.71. The van der Waals surface area contributed by atoms with Crippen molar-refractivity contribution in [1.82, 2.24) is 4.90 Å². The average molecular weight is 287 g/mol. The average Bonchev–Trinajstić information content (AvgIpc) is 2.47. The maximum atomic E-state index is 11.9. The van der Waals surface area contributed by atoms with E-state index in [9.17, 15) is 4.79 Å². The number of rotatable bonds is 3. The van der Waals surface area contributed by atoms with Crippen molar-refractivity contribution in [1.29, 1.82) is 5.26 Å². The Balaban J connectivity index is 1.97. The van der Waals surface area contributed by atoms with Crippen molar-refractivity contribution in [2.24, 2.45) is 5.92 Å². The first kappa shape index (κ1) is 15.2. The minimum absolute atomic E-state index is 0.0233. The summed E-state index contributed by atoms with van der Waals surface area (Å²) in [5, 5.41) is 9.14. The molecule has 21 heavy (non-hydrogen) atoms. The first-order valence-electron chi connectivity index (χ1n) is 7.27. The van der Waals surface area contributed by atoms with Crippen molar-refractivity contribution in [3.8, 4) is 11.8 Å². The number of benzene rings is 1. The van der Waals surface area contributed by atoms with Crippen LogP contribution in [0.1, 0.15) is 32.3 Å². The molecule has 2 N–H and O–H groups in total. The van der Waals surface area contributed by atoms with Gasteiger partial charge >= 0.3 is 0 Å². The van der Waals surface area contributed by atoms with Gasteiger partial charge in [0.1, 0.15) is 23.5 Å². The van der Waals surface area contributed by atoms with Gasteiger partial charge in [-0.2, -0.15) is 5.26 Å². The highest BCUT2D eigenvalue weighted by Crippen LogP contribution is 2.26. The van der Waals surface area contributed by atoms with Crippen LogP contribution in [0.2, 0.25) is 0 Å². The fraction of sp³-hybridized carbons (Fsp3) is 0.500. The van der Waals surface area contributed by atoms with Crippen LogP contribution in [0.25, 0.3) is 0 Å². The minimum Gasteiger partial charge on any atom is -0.489 e. The molecule has 1 amide bonds. The van der Waals surface area contributed by atoms with Crippen LogP contribution in [0.4, 0.5) is 5.69 Å². The molecule has 1 fully saturated rings. The number of anilines is 1. The molecule has 1 aromatic rings. The van der Waals surface area contributed by atoms with Gasteiger partial charge in [-0.25, -0.2) is 0 Å². The van der Waals surface area contributed by atoms with Crippen LogP contribution in [0.15, 0.2) is 18.2 Å². The molecule has 1 saturated heterocycles. The Morgan fingerprint density at radius 2 is 2.10 bits per heavy atom. The summed E-state index contributed by atoms with van der Waals surface area (Å²) in [4.78, 5) is 13.8. The van der Waals surface area contributed by atoms with Crippen LogP contribution in [0, 0.1) is 17.2 Å². The molecule has 0 aliphatic carbocycles. The van der Waals surface area contributed by atoms with E-state index in [4.69, 9.17) is 15.7 Å². The Labute approximate surface area is 125 Å². The van der Waals surface area contributed by atoms with Gasteiger partial charge in [0.2, 0.25) is 5.91 Å². The highest BCUT2D eigenvalue weighted by Gasteiger charge is 2.25. The van der Waals surface area contributed by atoms with E-state index in [0.717, 1.165) is 12.8 Å². The van der Waals surface area contributed by atoms with E-state index in [0.29, 0.717) is 30.1 Å². The zero-order valence-electron chi connectivity index (χ0n) is 12.5. The molecule has 112 valence electrons. The molecule has 1 heterocycles. The molecule has 0 radical (unpaired) electrons. The van der Waals surface area contributed by atoms with E-state index >= 15 is 0 Å². The van der Waals surface area contributed by atoms with Crippen LogP contribution in [-0.4, -0.2) is 30.0 Å². The van der Waals surface area contributed by atoms with Crippen LogP contribution in [0.3, 0.4) is 0 Å². The molecule has 1 aliphatic heterocycles. The number of nitrogen functional groups attached to an aromatic ring is 1. The van der Waals surface area contributed by atoms with Gasteiger partial charge in [-0.05, 0) is 12.1 Å². The molecule has 0 atom stereocenters. The van der Waals surface area contributed by atoms with Gasteiger partial charge in [0, 0.05) is 31.8 Å². The SMILES string of the molecule is CC(C)C(=O)N1CCC(Oc2cccc(N)c2C#N)CC1. The fourth-order valence-electron chi connectivity index (χ4n) is 2.50. The number of likely N-dealkylation sites (tertiary alicyclic amines) is 1. The standard InChI is InChI=1S/C16H21N3O2/c1-11(2)16(20)19-8-6-12(7-9-19)21-15-5-3-4-14(18)13(15)10-17/h3-5,11-12H,6-9,18H2,1-2H3. The number of nitrogens with two attached hydrogens (primary N) is 1. The molecule has 1 aliphatic rings. The lowest BCUT2D eigenvalue weighted by Gasteiger charge is -2.33. The molecule has 1 aromatic carbocycles. The van der Waals surface area contributed by atoms with Crippen molar-refractivity contribution >= 4 is 11.6 Å². The third kappa shape index (κ3) is 3.46. The Kier molecular flexibility index (Phi) is 4.69. The largest absolute Gasteiger partial charge is 0.489 e. The molecule has 2 rings (SSSR count). The number of hydrogen-bond donors (Lipinski definition) is 1. The monoisotopic (exact) mass is 287 g/mol. The molecular weight excluding hydrogens is 266 g/mol. The van der Waals surface area contributed by atoms with Gasteiger partial charge in [0.05, 0.1) is 5.69 Å². The quantitative estimate of drug-likeness (QED) is 0.864. The van der Waals surface area contributed by atoms with Crippen molar-refractivity contribution in [2.75, 3.05) is 18.8 Å². The summed E-state index contributed by atoms with van der Waals surface area (Å²) >= 11 is 0. The summed E-state index contributed by atoms with van der Waals surface area (Å²) in [5.41, 5.74) is 6.60. The van der Waals surface area contributed by atoms with E-state index < -0.39 is 0 Å². The number of carbonyl (C=O) groups excluding carboxylic acids is 1. The summed E-state index contributed by atoms with van der Waals surface area (Å²) in [6.07, 6.45) is 1.58. The number of carbonyl (C=O) groups is 1. The Morgan fingerprint density at radius 1 is 1.43 bits per heavy atom. The molecule has 0 unspecified atom stereocenters. The van der Waals surface area contributed by atoms with Crippen LogP contribution in [0.5, 0.6) is 5.75 Å². The van der Waals surface area contributed by atoms with Crippen LogP contribution in [-0.2, 0) is 4.79 Å². The second-order valence-corrected chi connectivity index (χ2v) is 5.63. The van der Waals surface area contributed by atoms with E-state index in [1.54, 1.807) is 18.2 Å². The topological polar surface area (TPSA) is 79.3 Å². The summed E-state index contributed by atoms with van der Waals surface area (Å²) in [6, 6.07) is 7.32. The molecule has 0 aromatic heterocycles. The van der Waals surface area contributed by atoms with E-state index in [2.05, 4.69) is 6.07 Å². The number of piperidine rings is 1. The molecule has 5 nitrogen and oxygen atoms in total. The highest BCUT2D eigenvalue weighted by molar-refractivity contribution is 5.78. The Hall–Kier alpha value is -2.22. The van der Waals surface area contributed by atoms with Gasteiger partial charge in [-0.3, -0.25) is 4.79 Å². The Morgan fingerprint density at radius 3 is 2.67 bits per heavy atom. The zero-order valence-corrected chi connectivity index (χ0v) is 12.5. The third-order valence-corrected chi connectivity index (χ3v) is 3.71. The summed E-state index contributed by atoms with van der Waals surface area (Å²) < 4.78 is 5.91. The fourth-order valence-corrected chi connectivity index (χ4v) is 2.50. The summed E-state index contributed by atoms with van der Waals surface area (Å²) in [5.74, 6) is 0.753. The van der Waals surface area contributed by atoms with Gasteiger partial charge in [0.15, 0.2) is 0 Å². The lowest BCUT2D eigenvalue weighted by molar-refractivity contribution is -0.136. The zero-order chi connectivity index (χ0) is 15.4. The van der Waals surface area contributed by atoms with E-state index in [1.807, 2.05) is 18.7 Å². The number of nitrogens with zero attached hydrogens (tertiary/aromatic N) is 2. The second-order valence-electron chi connectivity index (χ2n) is 5.63. The number of ether oxygens (including phenoxy) is 1. The first-order valence-corrected chi connectivity index (χ1v) is 7.27. The highest BCUT2D eigenvalue weighted by atomic mass is 16.5. The minimum atomic E-state index is 0.0233. The number of nitriles is 1. The van der Waals surface area contributed by atoms with Crippen molar-refractivity contribution < 1.29 is 9.53 Å². The van der Waals surface area contributed by atoms with Gasteiger partial charge < -0.3 is 15.4 Å². The second kappa shape index (κ2) is 6.49. The predicted octanol–water partition coefficient (Wildman–Crippen LogP) is 2.17. The lowest BCUT2D eigenvalue weighted by Crippen LogP contribution is -2.43. The summed E-state index contributed by atoms with van der Waals surface area (Å²) in [7, 11) is 0. The van der Waals surface area contributed by atoms with E-state index in [-0.39, 0.29) is 17.9 Å². The van der Waals surface area contributed by atoms with Crippen molar-refractivity contribution in [3.05, 3.63) is 23.8 Å². The molecule has 5 heteroatoms. The van der Waals surface area contributed by atoms with Crippen molar-refractivity contribution in [2.45, 2.75) is 32.8 Å².